The maximum atomic E-state index is 13.0. The van der Waals surface area contributed by atoms with Crippen molar-refractivity contribution in [2.45, 2.75) is 22.6 Å². The SMILES string of the molecule is CN(C)S(=O)(=O)c1ccccc1NC(=O)C1CCCN(S(=O)(=O)c2ccc(Cl)cc2)C1. The predicted octanol–water partition coefficient (Wildman–Crippen LogP) is 2.63. The summed E-state index contributed by atoms with van der Waals surface area (Å²) in [4.78, 5) is 13.0. The molecule has 0 aliphatic carbocycles. The van der Waals surface area contributed by atoms with Gasteiger partial charge >= 0.3 is 0 Å². The first-order valence-electron chi connectivity index (χ1n) is 9.61. The van der Waals surface area contributed by atoms with E-state index in [1.807, 2.05) is 0 Å². The topological polar surface area (TPSA) is 104 Å². The fourth-order valence-electron chi connectivity index (χ4n) is 3.36. The molecule has 1 unspecified atom stereocenters. The van der Waals surface area contributed by atoms with Crippen LogP contribution in [-0.2, 0) is 24.8 Å². The van der Waals surface area contributed by atoms with Crippen molar-refractivity contribution < 1.29 is 21.6 Å². The quantitative estimate of drug-likeness (QED) is 0.677. The standard InChI is InChI=1S/C20H24ClN3O5S2/c1-23(2)31(28,29)19-8-4-3-7-18(19)22-20(25)15-6-5-13-24(14-15)30(26,27)17-11-9-16(21)10-12-17/h3-4,7-12,15H,5-6,13-14H2,1-2H3,(H,22,25). The molecule has 1 N–H and O–H groups in total. The van der Waals surface area contributed by atoms with E-state index >= 15 is 0 Å². The summed E-state index contributed by atoms with van der Waals surface area (Å²) in [6, 6.07) is 12.0. The Kier molecular flexibility index (Phi) is 7.07. The van der Waals surface area contributed by atoms with Gasteiger partial charge in [-0.25, -0.2) is 21.1 Å². The monoisotopic (exact) mass is 485 g/mol. The van der Waals surface area contributed by atoms with Crippen molar-refractivity contribution in [3.8, 4) is 0 Å². The molecule has 168 valence electrons. The molecule has 2 aromatic carbocycles. The highest BCUT2D eigenvalue weighted by Gasteiger charge is 2.34. The number of halogens is 1. The lowest BCUT2D eigenvalue weighted by atomic mass is 9.99. The zero-order valence-corrected chi connectivity index (χ0v) is 19.5. The minimum atomic E-state index is -3.77. The molecule has 0 saturated carbocycles. The third-order valence-corrected chi connectivity index (χ3v) is 9.11. The lowest BCUT2D eigenvalue weighted by Gasteiger charge is -2.31. The van der Waals surface area contributed by atoms with Gasteiger partial charge in [-0.3, -0.25) is 4.79 Å². The molecule has 1 heterocycles. The van der Waals surface area contributed by atoms with Gasteiger partial charge in [0, 0.05) is 32.2 Å². The number of carbonyl (C=O) groups is 1. The van der Waals surface area contributed by atoms with Crippen LogP contribution in [-0.4, -0.2) is 58.5 Å². The number of hydrogen-bond donors (Lipinski definition) is 1. The zero-order valence-electron chi connectivity index (χ0n) is 17.2. The van der Waals surface area contributed by atoms with Gasteiger partial charge in [0.05, 0.1) is 16.5 Å². The van der Waals surface area contributed by atoms with Crippen molar-refractivity contribution in [2.24, 2.45) is 5.92 Å². The van der Waals surface area contributed by atoms with Gasteiger partial charge in [0.2, 0.25) is 26.0 Å². The van der Waals surface area contributed by atoms with Crippen LogP contribution in [0, 0.1) is 5.92 Å². The minimum absolute atomic E-state index is 0.0133. The number of amides is 1. The highest BCUT2D eigenvalue weighted by atomic mass is 35.5. The Morgan fingerprint density at radius 1 is 1.06 bits per heavy atom. The molecular formula is C20H24ClN3O5S2. The van der Waals surface area contributed by atoms with E-state index in [4.69, 9.17) is 11.6 Å². The third kappa shape index (κ3) is 5.09. The van der Waals surface area contributed by atoms with Gasteiger partial charge in [-0.05, 0) is 49.2 Å². The highest BCUT2D eigenvalue weighted by Crippen LogP contribution is 2.28. The number of anilines is 1. The van der Waals surface area contributed by atoms with Gasteiger partial charge in [0.1, 0.15) is 4.90 Å². The molecule has 0 radical (unpaired) electrons. The number of rotatable bonds is 6. The van der Waals surface area contributed by atoms with E-state index in [2.05, 4.69) is 5.32 Å². The van der Waals surface area contributed by atoms with E-state index in [1.54, 1.807) is 12.1 Å². The molecule has 31 heavy (non-hydrogen) atoms. The molecule has 2 aromatic rings. The minimum Gasteiger partial charge on any atom is -0.325 e. The second-order valence-corrected chi connectivity index (χ2v) is 11.9. The maximum Gasteiger partial charge on any atom is 0.244 e. The molecule has 3 rings (SSSR count). The Morgan fingerprint density at radius 2 is 1.71 bits per heavy atom. The Balaban J connectivity index is 1.79. The Hall–Kier alpha value is -1.98. The van der Waals surface area contributed by atoms with Gasteiger partial charge < -0.3 is 5.32 Å². The van der Waals surface area contributed by atoms with Crippen LogP contribution in [0.3, 0.4) is 0 Å². The van der Waals surface area contributed by atoms with Crippen molar-refractivity contribution in [2.75, 3.05) is 32.5 Å². The van der Waals surface area contributed by atoms with Crippen LogP contribution in [0.4, 0.5) is 5.69 Å². The van der Waals surface area contributed by atoms with E-state index in [9.17, 15) is 21.6 Å². The molecule has 8 nitrogen and oxygen atoms in total. The second-order valence-electron chi connectivity index (χ2n) is 7.43. The molecule has 1 saturated heterocycles. The van der Waals surface area contributed by atoms with Crippen molar-refractivity contribution in [3.63, 3.8) is 0 Å². The van der Waals surface area contributed by atoms with E-state index in [1.165, 1.54) is 54.8 Å². The van der Waals surface area contributed by atoms with Crippen molar-refractivity contribution >= 4 is 43.2 Å². The first-order chi connectivity index (χ1) is 14.5. The Labute approximate surface area is 187 Å². The number of sulfonamides is 2. The number of benzene rings is 2. The van der Waals surface area contributed by atoms with E-state index in [0.717, 1.165) is 4.31 Å². The summed E-state index contributed by atoms with van der Waals surface area (Å²) < 4.78 is 53.4. The van der Waals surface area contributed by atoms with Gasteiger partial charge in [-0.2, -0.15) is 4.31 Å². The summed E-state index contributed by atoms with van der Waals surface area (Å²) >= 11 is 5.85. The number of carbonyl (C=O) groups excluding carboxylic acids is 1. The molecule has 0 spiro atoms. The summed E-state index contributed by atoms with van der Waals surface area (Å²) in [5.74, 6) is -1.02. The van der Waals surface area contributed by atoms with Gasteiger partial charge in [-0.1, -0.05) is 23.7 Å². The second kappa shape index (κ2) is 9.25. The van der Waals surface area contributed by atoms with Crippen molar-refractivity contribution in [1.29, 1.82) is 0 Å². The van der Waals surface area contributed by atoms with Crippen molar-refractivity contribution in [1.82, 2.24) is 8.61 Å². The van der Waals surface area contributed by atoms with Gasteiger partial charge in [0.15, 0.2) is 0 Å². The molecule has 1 aliphatic rings. The zero-order chi connectivity index (χ0) is 22.8. The molecule has 1 fully saturated rings. The largest absolute Gasteiger partial charge is 0.325 e. The van der Waals surface area contributed by atoms with Gasteiger partial charge in [0.25, 0.3) is 0 Å². The van der Waals surface area contributed by atoms with E-state index in [-0.39, 0.29) is 22.0 Å². The molecule has 0 aromatic heterocycles. The lowest BCUT2D eigenvalue weighted by Crippen LogP contribution is -2.43. The number of piperidine rings is 1. The number of nitrogens with one attached hydrogen (secondary N) is 1. The Bertz CT molecular complexity index is 1170. The van der Waals surface area contributed by atoms with Crippen LogP contribution in [0.15, 0.2) is 58.3 Å². The smallest absolute Gasteiger partial charge is 0.244 e. The number of nitrogens with zero attached hydrogens (tertiary/aromatic N) is 2. The summed E-state index contributed by atoms with van der Waals surface area (Å²) in [5, 5.41) is 3.11. The Morgan fingerprint density at radius 3 is 2.35 bits per heavy atom. The predicted molar refractivity (Wildman–Crippen MR) is 119 cm³/mol. The van der Waals surface area contributed by atoms with Crippen LogP contribution in [0.2, 0.25) is 5.02 Å². The average Bonchev–Trinajstić information content (AvgIpc) is 2.74. The van der Waals surface area contributed by atoms with Crippen LogP contribution >= 0.6 is 11.6 Å². The summed E-state index contributed by atoms with van der Waals surface area (Å²) in [6.07, 6.45) is 1.02. The van der Waals surface area contributed by atoms with Gasteiger partial charge in [-0.15, -0.1) is 0 Å². The summed E-state index contributed by atoms with van der Waals surface area (Å²) in [7, 11) is -4.70. The average molecular weight is 486 g/mol. The first kappa shape index (κ1) is 23.7. The molecule has 11 heteroatoms. The summed E-state index contributed by atoms with van der Waals surface area (Å²) in [6.45, 7) is 0.319. The van der Waals surface area contributed by atoms with Crippen LogP contribution in [0.25, 0.3) is 0 Å². The molecule has 1 amide bonds. The van der Waals surface area contributed by atoms with E-state index < -0.39 is 31.9 Å². The fourth-order valence-corrected chi connectivity index (χ4v) is 6.05. The highest BCUT2D eigenvalue weighted by molar-refractivity contribution is 7.89. The molecule has 0 bridgehead atoms. The lowest BCUT2D eigenvalue weighted by molar-refractivity contribution is -0.120. The molecule has 1 atom stereocenters. The van der Waals surface area contributed by atoms with Crippen LogP contribution in [0.1, 0.15) is 12.8 Å². The normalized spacial score (nSPS) is 18.1. The van der Waals surface area contributed by atoms with E-state index in [0.29, 0.717) is 24.4 Å². The first-order valence-corrected chi connectivity index (χ1v) is 12.9. The number of hydrogen-bond acceptors (Lipinski definition) is 5. The number of para-hydroxylation sites is 1. The molecule has 1 aliphatic heterocycles. The molecular weight excluding hydrogens is 462 g/mol. The van der Waals surface area contributed by atoms with Crippen molar-refractivity contribution in [3.05, 3.63) is 53.6 Å². The third-order valence-electron chi connectivity index (χ3n) is 5.11. The summed E-state index contributed by atoms with van der Waals surface area (Å²) in [5.41, 5.74) is 0.166. The maximum absolute atomic E-state index is 13.0. The van der Waals surface area contributed by atoms with Crippen LogP contribution in [0.5, 0.6) is 0 Å². The fraction of sp³-hybridized carbons (Fsp3) is 0.350. The van der Waals surface area contributed by atoms with Crippen LogP contribution < -0.4 is 5.32 Å².